The second kappa shape index (κ2) is 6.36. The van der Waals surface area contributed by atoms with E-state index in [1.807, 2.05) is 0 Å². The molecule has 136 valence electrons. The number of hydrogen-bond acceptors (Lipinski definition) is 6. The van der Waals surface area contributed by atoms with Gasteiger partial charge in [0.1, 0.15) is 5.84 Å². The number of amidine groups is 1. The van der Waals surface area contributed by atoms with Crippen LogP contribution in [0.4, 0.5) is 5.69 Å². The van der Waals surface area contributed by atoms with Gasteiger partial charge in [0.05, 0.1) is 11.4 Å². The van der Waals surface area contributed by atoms with E-state index >= 15 is 0 Å². The van der Waals surface area contributed by atoms with Gasteiger partial charge in [0.15, 0.2) is 0 Å². The molecule has 0 aromatic heterocycles. The summed E-state index contributed by atoms with van der Waals surface area (Å²) in [6.45, 7) is -0.309. The average Bonchev–Trinajstić information content (AvgIpc) is 2.94. The van der Waals surface area contributed by atoms with Crippen LogP contribution in [0.1, 0.15) is 5.56 Å². The number of halogens is 1. The van der Waals surface area contributed by atoms with Crippen LogP contribution in [0.2, 0.25) is 5.02 Å². The number of carboxylic acids is 1. The van der Waals surface area contributed by atoms with Crippen LogP contribution in [0.25, 0.3) is 0 Å². The molecule has 10 heteroatoms. The number of benzene rings is 2. The second-order valence-corrected chi connectivity index (χ2v) is 7.69. The van der Waals surface area contributed by atoms with E-state index in [2.05, 4.69) is 4.99 Å². The van der Waals surface area contributed by atoms with Crippen molar-refractivity contribution in [2.75, 3.05) is 11.4 Å². The Labute approximate surface area is 154 Å². The number of carboxylic acid groups (broad SMARTS) is 1. The van der Waals surface area contributed by atoms with Crippen LogP contribution >= 0.6 is 11.6 Å². The topological polar surface area (TPSA) is 133 Å². The Morgan fingerprint density at radius 1 is 1.15 bits per heavy atom. The van der Waals surface area contributed by atoms with Gasteiger partial charge >= 0.3 is 5.97 Å². The van der Waals surface area contributed by atoms with Gasteiger partial charge in [0.25, 0.3) is 5.72 Å². The predicted molar refractivity (Wildman–Crippen MR) is 95.7 cm³/mol. The summed E-state index contributed by atoms with van der Waals surface area (Å²) >= 11 is 5.88. The lowest BCUT2D eigenvalue weighted by atomic mass is 10.1. The minimum Gasteiger partial charge on any atom is -0.478 e. The quantitative estimate of drug-likeness (QED) is 0.707. The molecule has 4 N–H and O–H groups in total. The maximum Gasteiger partial charge on any atom is 0.361 e. The van der Waals surface area contributed by atoms with E-state index in [0.717, 1.165) is 0 Å². The van der Waals surface area contributed by atoms with Gasteiger partial charge in [-0.25, -0.2) is 23.3 Å². The summed E-state index contributed by atoms with van der Waals surface area (Å²) in [5.74, 6) is -1.31. The monoisotopic (exact) mass is 395 g/mol. The third kappa shape index (κ3) is 3.42. The number of anilines is 1. The molecule has 0 saturated carbocycles. The summed E-state index contributed by atoms with van der Waals surface area (Å²) in [5, 5.41) is 25.2. The maximum atomic E-state index is 11.4. The molecule has 0 aliphatic carbocycles. The molecular formula is C16H14ClN3O5S. The number of aliphatic hydroxyl groups is 1. The molecule has 8 nitrogen and oxygen atoms in total. The van der Waals surface area contributed by atoms with Crippen molar-refractivity contribution < 1.29 is 23.4 Å². The molecule has 0 spiro atoms. The molecule has 0 fully saturated rings. The van der Waals surface area contributed by atoms with Crippen molar-refractivity contribution in [3.63, 3.8) is 0 Å². The average molecular weight is 396 g/mol. The number of β-amino-alcohol motifs (C(OH)–C–C–N with tert-alkyl or cyclic N) is 1. The van der Waals surface area contributed by atoms with E-state index in [-0.39, 0.29) is 17.3 Å². The zero-order valence-electron chi connectivity index (χ0n) is 13.2. The molecule has 1 atom stereocenters. The Morgan fingerprint density at radius 2 is 1.73 bits per heavy atom. The van der Waals surface area contributed by atoms with Gasteiger partial charge in [0.2, 0.25) is 10.0 Å². The van der Waals surface area contributed by atoms with Gasteiger partial charge in [-0.3, -0.25) is 0 Å². The summed E-state index contributed by atoms with van der Waals surface area (Å²) in [6, 6.07) is 12.0. The van der Waals surface area contributed by atoms with Crippen molar-refractivity contribution in [1.82, 2.24) is 0 Å². The zero-order valence-corrected chi connectivity index (χ0v) is 14.8. The summed E-state index contributed by atoms with van der Waals surface area (Å²) in [7, 11) is -3.86. The number of aliphatic imine (C=N–C) groups is 1. The van der Waals surface area contributed by atoms with E-state index in [0.29, 0.717) is 16.3 Å². The minimum atomic E-state index is -3.86. The highest BCUT2D eigenvalue weighted by atomic mass is 35.5. The number of carbonyl (C=O) groups is 1. The fourth-order valence-corrected chi connectivity index (χ4v) is 3.17. The van der Waals surface area contributed by atoms with Gasteiger partial charge in [-0.05, 0) is 48.5 Å². The normalized spacial score (nSPS) is 20.1. The molecule has 0 radical (unpaired) electrons. The van der Waals surface area contributed by atoms with E-state index in [1.165, 1.54) is 29.2 Å². The van der Waals surface area contributed by atoms with Crippen molar-refractivity contribution in [1.29, 1.82) is 0 Å². The van der Waals surface area contributed by atoms with Crippen LogP contribution in [0.3, 0.4) is 0 Å². The lowest BCUT2D eigenvalue weighted by molar-refractivity contribution is -0.155. The molecule has 1 aliphatic rings. The lowest BCUT2D eigenvalue weighted by Gasteiger charge is -2.22. The van der Waals surface area contributed by atoms with E-state index in [1.54, 1.807) is 24.3 Å². The van der Waals surface area contributed by atoms with Crippen molar-refractivity contribution in [3.8, 4) is 0 Å². The molecule has 2 aromatic carbocycles. The Bertz CT molecular complexity index is 990. The van der Waals surface area contributed by atoms with Gasteiger partial charge < -0.3 is 15.1 Å². The summed E-state index contributed by atoms with van der Waals surface area (Å²) in [5.41, 5.74) is -1.33. The van der Waals surface area contributed by atoms with Crippen LogP contribution in [-0.2, 0) is 14.8 Å². The number of rotatable bonds is 4. The third-order valence-corrected chi connectivity index (χ3v) is 5.03. The first-order valence-corrected chi connectivity index (χ1v) is 9.24. The largest absolute Gasteiger partial charge is 0.478 e. The van der Waals surface area contributed by atoms with Crippen molar-refractivity contribution >= 4 is 39.1 Å². The van der Waals surface area contributed by atoms with Crippen LogP contribution in [0, 0.1) is 0 Å². The molecular weight excluding hydrogens is 382 g/mol. The van der Waals surface area contributed by atoms with Gasteiger partial charge in [-0.1, -0.05) is 11.6 Å². The number of nitrogens with two attached hydrogens (primary N) is 1. The second-order valence-electron chi connectivity index (χ2n) is 5.69. The summed E-state index contributed by atoms with van der Waals surface area (Å²) in [6.07, 6.45) is 0. The molecule has 1 heterocycles. The Hall–Kier alpha value is -2.46. The molecule has 0 saturated heterocycles. The number of nitrogens with zero attached hydrogens (tertiary/aromatic N) is 2. The van der Waals surface area contributed by atoms with E-state index in [9.17, 15) is 23.4 Å². The highest BCUT2D eigenvalue weighted by Crippen LogP contribution is 2.29. The van der Waals surface area contributed by atoms with Crippen molar-refractivity contribution in [3.05, 3.63) is 59.1 Å². The van der Waals surface area contributed by atoms with Crippen molar-refractivity contribution in [2.24, 2.45) is 10.1 Å². The maximum absolute atomic E-state index is 11.4. The lowest BCUT2D eigenvalue weighted by Crippen LogP contribution is -2.42. The third-order valence-electron chi connectivity index (χ3n) is 3.85. The minimum absolute atomic E-state index is 0.0913. The number of aliphatic carboxylic acids is 1. The predicted octanol–water partition coefficient (Wildman–Crippen LogP) is 1.03. The highest BCUT2D eigenvalue weighted by Gasteiger charge is 2.45. The van der Waals surface area contributed by atoms with Crippen LogP contribution in [0.15, 0.2) is 58.4 Å². The molecule has 0 amide bonds. The Kier molecular flexibility index (Phi) is 4.49. The fraction of sp³-hybridized carbons (Fsp3) is 0.125. The fourth-order valence-electron chi connectivity index (χ4n) is 2.53. The first-order chi connectivity index (χ1) is 12.1. The molecule has 1 unspecified atom stereocenters. The van der Waals surface area contributed by atoms with Gasteiger partial charge in [-0.2, -0.15) is 0 Å². The first-order valence-electron chi connectivity index (χ1n) is 7.32. The Morgan fingerprint density at radius 3 is 2.23 bits per heavy atom. The van der Waals surface area contributed by atoms with Crippen LogP contribution < -0.4 is 10.0 Å². The smallest absolute Gasteiger partial charge is 0.361 e. The van der Waals surface area contributed by atoms with Crippen LogP contribution in [0.5, 0.6) is 0 Å². The molecule has 1 aliphatic heterocycles. The van der Waals surface area contributed by atoms with Crippen molar-refractivity contribution in [2.45, 2.75) is 10.6 Å². The Balaban J connectivity index is 2.07. The number of primary sulfonamides is 1. The molecule has 2 aromatic rings. The van der Waals surface area contributed by atoms with Crippen LogP contribution in [-0.4, -0.2) is 42.7 Å². The van der Waals surface area contributed by atoms with Gasteiger partial charge in [0, 0.05) is 16.3 Å². The standard InChI is InChI=1S/C16H14ClN3O5S/c17-11-3-5-12(6-4-11)20-9-16(23,15(21)22)19-14(20)10-1-7-13(8-2-10)26(18,24)25/h1-8,23H,9H2,(H,21,22)(H2,18,24,25). The first kappa shape index (κ1) is 18.3. The SMILES string of the molecule is NS(=O)(=O)c1ccc(C2=NC(O)(C(=O)O)CN2c2ccc(Cl)cc2)cc1. The van der Waals surface area contributed by atoms with Gasteiger partial charge in [-0.15, -0.1) is 0 Å². The van der Waals surface area contributed by atoms with E-state index < -0.39 is 21.7 Å². The zero-order chi connectivity index (χ0) is 19.1. The molecule has 26 heavy (non-hydrogen) atoms. The highest BCUT2D eigenvalue weighted by molar-refractivity contribution is 7.89. The van der Waals surface area contributed by atoms with E-state index in [4.69, 9.17) is 16.7 Å². The number of hydrogen-bond donors (Lipinski definition) is 3. The molecule has 0 bridgehead atoms. The summed E-state index contributed by atoms with van der Waals surface area (Å²) < 4.78 is 22.8. The molecule has 3 rings (SSSR count). The summed E-state index contributed by atoms with van der Waals surface area (Å²) in [4.78, 5) is 16.8. The number of sulfonamides is 1.